The van der Waals surface area contributed by atoms with Crippen molar-refractivity contribution >= 4 is 15.9 Å². The standard InChI is InChI=1S/C17H20BrNO/c1-3-20-17-10-9-14(11-16(17)18)12-19-13(2)15-7-5-4-6-8-15/h4-11,13,19H,3,12H2,1-2H3/t13-/m0/s1. The Morgan fingerprint density at radius 2 is 1.90 bits per heavy atom. The molecule has 2 aromatic rings. The average Bonchev–Trinajstić information content (AvgIpc) is 2.48. The molecule has 0 unspecified atom stereocenters. The van der Waals surface area contributed by atoms with Crippen molar-refractivity contribution in [3.05, 3.63) is 64.1 Å². The van der Waals surface area contributed by atoms with Crippen LogP contribution in [0, 0.1) is 0 Å². The van der Waals surface area contributed by atoms with E-state index in [1.807, 2.05) is 19.1 Å². The molecular weight excluding hydrogens is 314 g/mol. The normalized spacial score (nSPS) is 12.2. The van der Waals surface area contributed by atoms with E-state index in [9.17, 15) is 0 Å². The molecule has 0 saturated heterocycles. The summed E-state index contributed by atoms with van der Waals surface area (Å²) < 4.78 is 6.52. The Labute approximate surface area is 129 Å². The SMILES string of the molecule is CCOc1ccc(CN[C@@H](C)c2ccccc2)cc1Br. The zero-order valence-corrected chi connectivity index (χ0v) is 13.5. The highest BCUT2D eigenvalue weighted by Crippen LogP contribution is 2.26. The monoisotopic (exact) mass is 333 g/mol. The first-order valence-corrected chi connectivity index (χ1v) is 7.69. The smallest absolute Gasteiger partial charge is 0.133 e. The van der Waals surface area contributed by atoms with Gasteiger partial charge in [0.05, 0.1) is 11.1 Å². The second kappa shape index (κ2) is 7.46. The van der Waals surface area contributed by atoms with Crippen LogP contribution in [0.3, 0.4) is 0 Å². The van der Waals surface area contributed by atoms with E-state index in [0.29, 0.717) is 12.6 Å². The van der Waals surface area contributed by atoms with Gasteiger partial charge in [0.25, 0.3) is 0 Å². The molecule has 1 N–H and O–H groups in total. The van der Waals surface area contributed by atoms with Crippen LogP contribution < -0.4 is 10.1 Å². The van der Waals surface area contributed by atoms with Gasteiger partial charge in [-0.3, -0.25) is 0 Å². The minimum atomic E-state index is 0.335. The van der Waals surface area contributed by atoms with Crippen molar-refractivity contribution in [3.8, 4) is 5.75 Å². The maximum atomic E-state index is 5.52. The first-order chi connectivity index (χ1) is 9.70. The van der Waals surface area contributed by atoms with Gasteiger partial charge >= 0.3 is 0 Å². The van der Waals surface area contributed by atoms with Crippen molar-refractivity contribution in [2.45, 2.75) is 26.4 Å². The van der Waals surface area contributed by atoms with E-state index < -0.39 is 0 Å². The zero-order chi connectivity index (χ0) is 14.4. The summed E-state index contributed by atoms with van der Waals surface area (Å²) in [6.07, 6.45) is 0. The van der Waals surface area contributed by atoms with E-state index in [-0.39, 0.29) is 0 Å². The summed E-state index contributed by atoms with van der Waals surface area (Å²) >= 11 is 3.55. The van der Waals surface area contributed by atoms with Crippen molar-refractivity contribution in [2.24, 2.45) is 0 Å². The largest absolute Gasteiger partial charge is 0.493 e. The van der Waals surface area contributed by atoms with Crippen LogP contribution in [0.15, 0.2) is 53.0 Å². The van der Waals surface area contributed by atoms with Gasteiger partial charge in [-0.1, -0.05) is 36.4 Å². The van der Waals surface area contributed by atoms with Crippen LogP contribution in [0.25, 0.3) is 0 Å². The van der Waals surface area contributed by atoms with Crippen molar-refractivity contribution in [2.75, 3.05) is 6.61 Å². The molecule has 2 aromatic carbocycles. The van der Waals surface area contributed by atoms with Crippen molar-refractivity contribution < 1.29 is 4.74 Å². The Bertz CT molecular complexity index is 542. The minimum Gasteiger partial charge on any atom is -0.493 e. The Kier molecular flexibility index (Phi) is 5.62. The first-order valence-electron chi connectivity index (χ1n) is 6.90. The molecule has 106 valence electrons. The number of hydrogen-bond donors (Lipinski definition) is 1. The molecular formula is C17H20BrNO. The number of halogens is 1. The Hall–Kier alpha value is -1.32. The van der Waals surface area contributed by atoms with Gasteiger partial charge in [0.15, 0.2) is 0 Å². The van der Waals surface area contributed by atoms with Crippen molar-refractivity contribution in [3.63, 3.8) is 0 Å². The third kappa shape index (κ3) is 4.09. The number of benzene rings is 2. The van der Waals surface area contributed by atoms with Crippen LogP contribution in [0.1, 0.15) is 31.0 Å². The molecule has 0 heterocycles. The topological polar surface area (TPSA) is 21.3 Å². The van der Waals surface area contributed by atoms with E-state index in [1.165, 1.54) is 11.1 Å². The maximum Gasteiger partial charge on any atom is 0.133 e. The molecule has 0 aliphatic carbocycles. The lowest BCUT2D eigenvalue weighted by molar-refractivity contribution is 0.338. The molecule has 0 bridgehead atoms. The highest BCUT2D eigenvalue weighted by molar-refractivity contribution is 9.10. The second-order valence-corrected chi connectivity index (χ2v) is 5.57. The summed E-state index contributed by atoms with van der Waals surface area (Å²) in [5.74, 6) is 0.896. The Balaban J connectivity index is 1.96. The van der Waals surface area contributed by atoms with Crippen LogP contribution in [0.4, 0.5) is 0 Å². The summed E-state index contributed by atoms with van der Waals surface area (Å²) in [4.78, 5) is 0. The predicted octanol–water partition coefficient (Wildman–Crippen LogP) is 4.70. The van der Waals surface area contributed by atoms with E-state index >= 15 is 0 Å². The third-order valence-electron chi connectivity index (χ3n) is 3.21. The van der Waals surface area contributed by atoms with E-state index in [2.05, 4.69) is 64.6 Å². The number of ether oxygens (including phenoxy) is 1. The molecule has 0 aliphatic rings. The summed E-state index contributed by atoms with van der Waals surface area (Å²) in [5.41, 5.74) is 2.54. The van der Waals surface area contributed by atoms with E-state index in [4.69, 9.17) is 4.74 Å². The maximum absolute atomic E-state index is 5.52. The fourth-order valence-electron chi connectivity index (χ4n) is 2.06. The summed E-state index contributed by atoms with van der Waals surface area (Å²) in [5, 5.41) is 3.53. The van der Waals surface area contributed by atoms with Crippen molar-refractivity contribution in [1.82, 2.24) is 5.32 Å². The Morgan fingerprint density at radius 1 is 1.15 bits per heavy atom. The average molecular weight is 334 g/mol. The quantitative estimate of drug-likeness (QED) is 0.827. The van der Waals surface area contributed by atoms with Gasteiger partial charge in [-0.05, 0) is 53.0 Å². The molecule has 2 rings (SSSR count). The van der Waals surface area contributed by atoms with Crippen molar-refractivity contribution in [1.29, 1.82) is 0 Å². The lowest BCUT2D eigenvalue weighted by Crippen LogP contribution is -2.17. The number of rotatable bonds is 6. The van der Waals surface area contributed by atoms with Gasteiger partial charge < -0.3 is 10.1 Å². The molecule has 0 saturated carbocycles. The number of nitrogens with one attached hydrogen (secondary N) is 1. The molecule has 0 amide bonds. The lowest BCUT2D eigenvalue weighted by atomic mass is 10.1. The lowest BCUT2D eigenvalue weighted by Gasteiger charge is -2.15. The van der Waals surface area contributed by atoms with Crippen LogP contribution in [0.5, 0.6) is 5.75 Å². The molecule has 0 fully saturated rings. The van der Waals surface area contributed by atoms with Gasteiger partial charge in [0.2, 0.25) is 0 Å². The van der Waals surface area contributed by atoms with E-state index in [0.717, 1.165) is 16.8 Å². The molecule has 2 nitrogen and oxygen atoms in total. The van der Waals surface area contributed by atoms with Gasteiger partial charge in [-0.2, -0.15) is 0 Å². The Morgan fingerprint density at radius 3 is 2.55 bits per heavy atom. The molecule has 0 spiro atoms. The minimum absolute atomic E-state index is 0.335. The molecule has 0 aromatic heterocycles. The summed E-state index contributed by atoms with van der Waals surface area (Å²) in [6, 6.07) is 17.0. The summed E-state index contributed by atoms with van der Waals surface area (Å²) in [7, 11) is 0. The highest BCUT2D eigenvalue weighted by Gasteiger charge is 2.06. The van der Waals surface area contributed by atoms with E-state index in [1.54, 1.807) is 0 Å². The van der Waals surface area contributed by atoms with Crippen LogP contribution in [0.2, 0.25) is 0 Å². The fraction of sp³-hybridized carbons (Fsp3) is 0.294. The molecule has 0 radical (unpaired) electrons. The highest BCUT2D eigenvalue weighted by atomic mass is 79.9. The van der Waals surface area contributed by atoms with Crippen LogP contribution in [-0.4, -0.2) is 6.61 Å². The molecule has 20 heavy (non-hydrogen) atoms. The third-order valence-corrected chi connectivity index (χ3v) is 3.83. The summed E-state index contributed by atoms with van der Waals surface area (Å²) in [6.45, 7) is 5.69. The van der Waals surface area contributed by atoms with Gasteiger partial charge in [-0.25, -0.2) is 0 Å². The molecule has 3 heteroatoms. The number of hydrogen-bond acceptors (Lipinski definition) is 2. The predicted molar refractivity (Wildman–Crippen MR) is 87.0 cm³/mol. The molecule has 0 aliphatic heterocycles. The van der Waals surface area contributed by atoms with Gasteiger partial charge in [0.1, 0.15) is 5.75 Å². The first kappa shape index (κ1) is 15.1. The van der Waals surface area contributed by atoms with Gasteiger partial charge in [-0.15, -0.1) is 0 Å². The van der Waals surface area contributed by atoms with Crippen LogP contribution >= 0.6 is 15.9 Å². The molecule has 1 atom stereocenters. The van der Waals surface area contributed by atoms with Crippen LogP contribution in [-0.2, 0) is 6.54 Å². The fourth-order valence-corrected chi connectivity index (χ4v) is 2.60. The zero-order valence-electron chi connectivity index (χ0n) is 11.9. The van der Waals surface area contributed by atoms with Gasteiger partial charge in [0, 0.05) is 12.6 Å². The second-order valence-electron chi connectivity index (χ2n) is 4.71.